The van der Waals surface area contributed by atoms with Crippen LogP contribution in [0.1, 0.15) is 19.3 Å². The van der Waals surface area contributed by atoms with Gasteiger partial charge in [-0.2, -0.15) is 11.8 Å². The summed E-state index contributed by atoms with van der Waals surface area (Å²) in [6.45, 7) is 3.88. The second-order valence-corrected chi connectivity index (χ2v) is 7.13. The Morgan fingerprint density at radius 3 is 2.63 bits per heavy atom. The van der Waals surface area contributed by atoms with Crippen LogP contribution in [0.4, 0.5) is 0 Å². The van der Waals surface area contributed by atoms with Crippen LogP contribution in [0.25, 0.3) is 0 Å². The molecule has 1 atom stereocenters. The zero-order valence-corrected chi connectivity index (χ0v) is 13.0. The standard InChI is InChI=1S/C14H27N3OS/c1-16(2)14(18)10-17-6-3-13(4-7-17)15-9-12-5-8-19-11-12/h12-13,15H,3-11H2,1-2H3. The van der Waals surface area contributed by atoms with Gasteiger partial charge in [0.15, 0.2) is 0 Å². The van der Waals surface area contributed by atoms with E-state index in [0.717, 1.165) is 19.0 Å². The van der Waals surface area contributed by atoms with Gasteiger partial charge in [0.05, 0.1) is 6.54 Å². The zero-order chi connectivity index (χ0) is 13.7. The highest BCUT2D eigenvalue weighted by Gasteiger charge is 2.22. The number of hydrogen-bond donors (Lipinski definition) is 1. The Morgan fingerprint density at radius 2 is 2.05 bits per heavy atom. The lowest BCUT2D eigenvalue weighted by atomic mass is 10.0. The summed E-state index contributed by atoms with van der Waals surface area (Å²) in [6.07, 6.45) is 3.75. The van der Waals surface area contributed by atoms with Crippen molar-refractivity contribution in [2.45, 2.75) is 25.3 Å². The fourth-order valence-corrected chi connectivity index (χ4v) is 3.99. The first kappa shape index (κ1) is 15.1. The van der Waals surface area contributed by atoms with Crippen molar-refractivity contribution in [2.24, 2.45) is 5.92 Å². The highest BCUT2D eigenvalue weighted by molar-refractivity contribution is 7.99. The fourth-order valence-electron chi connectivity index (χ4n) is 2.71. The lowest BCUT2D eigenvalue weighted by Crippen LogP contribution is -2.46. The summed E-state index contributed by atoms with van der Waals surface area (Å²) >= 11 is 2.09. The van der Waals surface area contributed by atoms with Gasteiger partial charge in [-0.15, -0.1) is 0 Å². The summed E-state index contributed by atoms with van der Waals surface area (Å²) in [6, 6.07) is 0.663. The van der Waals surface area contributed by atoms with Crippen molar-refractivity contribution in [1.29, 1.82) is 0 Å². The van der Waals surface area contributed by atoms with Gasteiger partial charge in [-0.05, 0) is 43.2 Å². The fraction of sp³-hybridized carbons (Fsp3) is 0.929. The number of nitrogens with zero attached hydrogens (tertiary/aromatic N) is 2. The summed E-state index contributed by atoms with van der Waals surface area (Å²) in [5.74, 6) is 3.79. The number of hydrogen-bond acceptors (Lipinski definition) is 4. The molecule has 1 N–H and O–H groups in total. The number of carbonyl (C=O) groups is 1. The number of thioether (sulfide) groups is 1. The Morgan fingerprint density at radius 1 is 1.32 bits per heavy atom. The van der Waals surface area contributed by atoms with Crippen molar-refractivity contribution in [1.82, 2.24) is 15.1 Å². The number of rotatable bonds is 5. The third-order valence-corrected chi connectivity index (χ3v) is 5.40. The van der Waals surface area contributed by atoms with Crippen molar-refractivity contribution in [3.8, 4) is 0 Å². The molecule has 0 aromatic heterocycles. The van der Waals surface area contributed by atoms with Gasteiger partial charge >= 0.3 is 0 Å². The minimum atomic E-state index is 0.217. The third-order valence-electron chi connectivity index (χ3n) is 4.16. The molecule has 0 bridgehead atoms. The van der Waals surface area contributed by atoms with Gasteiger partial charge in [0.2, 0.25) is 5.91 Å². The number of nitrogens with one attached hydrogen (secondary N) is 1. The molecule has 2 saturated heterocycles. The van der Waals surface area contributed by atoms with E-state index in [-0.39, 0.29) is 5.91 Å². The molecular formula is C14H27N3OS. The summed E-state index contributed by atoms with van der Waals surface area (Å²) in [5.41, 5.74) is 0. The third kappa shape index (κ3) is 4.97. The summed E-state index contributed by atoms with van der Waals surface area (Å²) in [5, 5.41) is 3.72. The quantitative estimate of drug-likeness (QED) is 0.813. The number of carbonyl (C=O) groups excluding carboxylic acids is 1. The van der Waals surface area contributed by atoms with Gasteiger partial charge in [-0.3, -0.25) is 9.69 Å². The van der Waals surface area contributed by atoms with Crippen LogP contribution in [0.3, 0.4) is 0 Å². The molecule has 0 aliphatic carbocycles. The van der Waals surface area contributed by atoms with E-state index in [0.29, 0.717) is 12.6 Å². The smallest absolute Gasteiger partial charge is 0.236 e. The molecule has 0 aromatic carbocycles. The lowest BCUT2D eigenvalue weighted by molar-refractivity contribution is -0.130. The first-order valence-corrected chi connectivity index (χ1v) is 8.54. The van der Waals surface area contributed by atoms with E-state index in [1.807, 2.05) is 14.1 Å². The van der Waals surface area contributed by atoms with Crippen LogP contribution in [0, 0.1) is 5.92 Å². The Kier molecular flexibility index (Phi) is 5.98. The normalized spacial score (nSPS) is 25.7. The van der Waals surface area contributed by atoms with Crippen LogP contribution in [-0.2, 0) is 4.79 Å². The maximum atomic E-state index is 11.7. The Balaban J connectivity index is 1.60. The van der Waals surface area contributed by atoms with Crippen molar-refractivity contribution >= 4 is 17.7 Å². The van der Waals surface area contributed by atoms with Gasteiger partial charge in [0.25, 0.3) is 0 Å². The average Bonchev–Trinajstić information content (AvgIpc) is 2.91. The van der Waals surface area contributed by atoms with Crippen LogP contribution < -0.4 is 5.32 Å². The molecule has 19 heavy (non-hydrogen) atoms. The summed E-state index contributed by atoms with van der Waals surface area (Å²) in [4.78, 5) is 15.6. The second kappa shape index (κ2) is 7.50. The second-order valence-electron chi connectivity index (χ2n) is 5.98. The molecule has 110 valence electrons. The van der Waals surface area contributed by atoms with E-state index in [1.165, 1.54) is 37.3 Å². The molecule has 2 fully saturated rings. The molecule has 0 saturated carbocycles. The Labute approximate surface area is 121 Å². The molecule has 0 spiro atoms. The highest BCUT2D eigenvalue weighted by Crippen LogP contribution is 2.23. The summed E-state index contributed by atoms with van der Waals surface area (Å²) in [7, 11) is 3.66. The van der Waals surface area contributed by atoms with E-state index in [4.69, 9.17) is 0 Å². The van der Waals surface area contributed by atoms with Crippen molar-refractivity contribution < 1.29 is 4.79 Å². The van der Waals surface area contributed by atoms with Gasteiger partial charge in [0, 0.05) is 33.2 Å². The first-order valence-electron chi connectivity index (χ1n) is 7.39. The van der Waals surface area contributed by atoms with E-state index >= 15 is 0 Å². The van der Waals surface area contributed by atoms with E-state index < -0.39 is 0 Å². The average molecular weight is 285 g/mol. The van der Waals surface area contributed by atoms with Crippen LogP contribution in [0.5, 0.6) is 0 Å². The number of amides is 1. The first-order chi connectivity index (χ1) is 9.15. The van der Waals surface area contributed by atoms with Gasteiger partial charge in [0.1, 0.15) is 0 Å². The topological polar surface area (TPSA) is 35.6 Å². The maximum absolute atomic E-state index is 11.7. The number of likely N-dealkylation sites (N-methyl/N-ethyl adjacent to an activating group) is 1. The van der Waals surface area contributed by atoms with Crippen molar-refractivity contribution in [2.75, 3.05) is 51.8 Å². The minimum absolute atomic E-state index is 0.217. The SMILES string of the molecule is CN(C)C(=O)CN1CCC(NCC2CCSC2)CC1. The van der Waals surface area contributed by atoms with Crippen molar-refractivity contribution in [3.63, 3.8) is 0 Å². The minimum Gasteiger partial charge on any atom is -0.348 e. The van der Waals surface area contributed by atoms with Crippen LogP contribution >= 0.6 is 11.8 Å². The van der Waals surface area contributed by atoms with Gasteiger partial charge in [-0.25, -0.2) is 0 Å². The highest BCUT2D eigenvalue weighted by atomic mass is 32.2. The maximum Gasteiger partial charge on any atom is 0.236 e. The predicted molar refractivity (Wildman–Crippen MR) is 81.6 cm³/mol. The molecule has 2 heterocycles. The van der Waals surface area contributed by atoms with Crippen molar-refractivity contribution in [3.05, 3.63) is 0 Å². The Hall–Kier alpha value is -0.260. The van der Waals surface area contributed by atoms with Crippen LogP contribution in [0.15, 0.2) is 0 Å². The molecule has 1 unspecified atom stereocenters. The molecule has 4 nitrogen and oxygen atoms in total. The molecular weight excluding hydrogens is 258 g/mol. The molecule has 2 aliphatic rings. The van der Waals surface area contributed by atoms with E-state index in [9.17, 15) is 4.79 Å². The lowest BCUT2D eigenvalue weighted by Gasteiger charge is -2.33. The van der Waals surface area contributed by atoms with Gasteiger partial charge in [-0.1, -0.05) is 0 Å². The molecule has 1 amide bonds. The van der Waals surface area contributed by atoms with Crippen LogP contribution in [0.2, 0.25) is 0 Å². The summed E-state index contributed by atoms with van der Waals surface area (Å²) < 4.78 is 0. The number of piperidine rings is 1. The molecule has 0 radical (unpaired) electrons. The van der Waals surface area contributed by atoms with Crippen LogP contribution in [-0.4, -0.2) is 73.5 Å². The molecule has 2 aliphatic heterocycles. The van der Waals surface area contributed by atoms with E-state index in [2.05, 4.69) is 22.0 Å². The molecule has 2 rings (SSSR count). The van der Waals surface area contributed by atoms with Gasteiger partial charge < -0.3 is 10.2 Å². The predicted octanol–water partition coefficient (Wildman–Crippen LogP) is 0.882. The largest absolute Gasteiger partial charge is 0.348 e. The molecule has 0 aromatic rings. The van der Waals surface area contributed by atoms with E-state index in [1.54, 1.807) is 4.90 Å². The molecule has 5 heteroatoms. The number of likely N-dealkylation sites (tertiary alicyclic amines) is 1. The Bertz CT molecular complexity index is 284. The monoisotopic (exact) mass is 285 g/mol. The zero-order valence-electron chi connectivity index (χ0n) is 12.2.